The number of esters is 1. The number of carbonyl (C=O) groups excluding carboxylic acids is 1. The van der Waals surface area contributed by atoms with Crippen molar-refractivity contribution in [1.82, 2.24) is 0 Å². The Bertz CT molecular complexity index is 131. The lowest BCUT2D eigenvalue weighted by atomic mass is 9.98. The first-order chi connectivity index (χ1) is 4.42. The van der Waals surface area contributed by atoms with Gasteiger partial charge < -0.3 is 15.6 Å². The Labute approximate surface area is 60.0 Å². The van der Waals surface area contributed by atoms with Crippen LogP contribution in [0.2, 0.25) is 0 Å². The quantitative estimate of drug-likeness (QED) is 0.504. The summed E-state index contributed by atoms with van der Waals surface area (Å²) in [5.74, 6) is -0.609. The predicted octanol–water partition coefficient (Wildman–Crippen LogP) is -0.742. The smallest absolute Gasteiger partial charge is 0.328 e. The molecule has 0 aromatic carbocycles. The van der Waals surface area contributed by atoms with Gasteiger partial charge in [-0.25, -0.2) is 4.79 Å². The molecular weight excluding hydrogens is 134 g/mol. The maximum Gasteiger partial charge on any atom is 0.328 e. The number of nitrogens with two attached hydrogens (primary N) is 1. The number of hydrogen-bond donors (Lipinski definition) is 2. The van der Waals surface area contributed by atoms with Crippen molar-refractivity contribution in [1.29, 1.82) is 0 Å². The molecule has 2 atom stereocenters. The third-order valence-corrected chi connectivity index (χ3v) is 1.49. The fourth-order valence-electron chi connectivity index (χ4n) is 0.390. The zero-order chi connectivity index (χ0) is 8.36. The molecule has 0 aliphatic rings. The number of hydrogen-bond acceptors (Lipinski definition) is 4. The van der Waals surface area contributed by atoms with Gasteiger partial charge in [0.25, 0.3) is 0 Å². The number of methoxy groups -OCH3 is 1. The van der Waals surface area contributed by atoms with Gasteiger partial charge in [0.2, 0.25) is 0 Å². The van der Waals surface area contributed by atoms with E-state index in [1.54, 1.807) is 0 Å². The van der Waals surface area contributed by atoms with Crippen LogP contribution in [0.3, 0.4) is 0 Å². The van der Waals surface area contributed by atoms with Gasteiger partial charge in [0.05, 0.1) is 13.2 Å². The number of rotatable bonds is 2. The molecule has 0 radical (unpaired) electrons. The molecule has 0 aromatic heterocycles. The van der Waals surface area contributed by atoms with Gasteiger partial charge in [-0.2, -0.15) is 0 Å². The van der Waals surface area contributed by atoms with Crippen LogP contribution in [0.4, 0.5) is 0 Å². The van der Waals surface area contributed by atoms with Crippen molar-refractivity contribution < 1.29 is 14.6 Å². The van der Waals surface area contributed by atoms with Crippen LogP contribution in [-0.4, -0.2) is 29.8 Å². The summed E-state index contributed by atoms with van der Waals surface area (Å²) in [6, 6.07) is 0. The molecule has 0 aliphatic heterocycles. The molecule has 0 saturated heterocycles. The minimum absolute atomic E-state index is 0.609. The Balaban J connectivity index is 4.24. The van der Waals surface area contributed by atoms with Crippen molar-refractivity contribution >= 4 is 5.97 Å². The van der Waals surface area contributed by atoms with Crippen molar-refractivity contribution in [2.45, 2.75) is 25.5 Å². The highest BCUT2D eigenvalue weighted by atomic mass is 16.5. The van der Waals surface area contributed by atoms with Crippen LogP contribution >= 0.6 is 0 Å². The summed E-state index contributed by atoms with van der Waals surface area (Å²) in [5.41, 5.74) is 4.09. The van der Waals surface area contributed by atoms with Crippen molar-refractivity contribution in [3.05, 3.63) is 0 Å². The summed E-state index contributed by atoms with van der Waals surface area (Å²) < 4.78 is 4.35. The number of carbonyl (C=O) groups is 1. The van der Waals surface area contributed by atoms with Crippen LogP contribution in [0, 0.1) is 0 Å². The zero-order valence-electron chi connectivity index (χ0n) is 6.42. The Hall–Kier alpha value is -0.610. The van der Waals surface area contributed by atoms with Crippen LogP contribution in [0.25, 0.3) is 0 Å². The maximum atomic E-state index is 10.8. The van der Waals surface area contributed by atoms with Crippen molar-refractivity contribution in [2.75, 3.05) is 7.11 Å². The van der Waals surface area contributed by atoms with Gasteiger partial charge in [-0.1, -0.05) is 0 Å². The Kier molecular flexibility index (Phi) is 2.80. The topological polar surface area (TPSA) is 72.5 Å². The second-order valence-corrected chi connectivity index (χ2v) is 2.45. The standard InChI is InChI=1S/C6H13NO3/c1-4(8)6(2,7)5(9)10-3/h4,8H,7H2,1-3H3/t4-,6-/m0/s1. The van der Waals surface area contributed by atoms with Gasteiger partial charge in [0.15, 0.2) is 0 Å². The lowest BCUT2D eigenvalue weighted by molar-refractivity contribution is -0.150. The van der Waals surface area contributed by atoms with Gasteiger partial charge in [0, 0.05) is 0 Å². The highest BCUT2D eigenvalue weighted by Gasteiger charge is 2.34. The lowest BCUT2D eigenvalue weighted by Crippen LogP contribution is -2.54. The molecule has 10 heavy (non-hydrogen) atoms. The number of aliphatic hydroxyl groups excluding tert-OH is 1. The summed E-state index contributed by atoms with van der Waals surface area (Å²) in [4.78, 5) is 10.8. The van der Waals surface area contributed by atoms with Crippen LogP contribution < -0.4 is 5.73 Å². The van der Waals surface area contributed by atoms with E-state index in [4.69, 9.17) is 10.8 Å². The van der Waals surface area contributed by atoms with Crippen molar-refractivity contribution in [3.8, 4) is 0 Å². The number of ether oxygens (including phenoxy) is 1. The molecule has 4 nitrogen and oxygen atoms in total. The minimum atomic E-state index is -1.30. The SMILES string of the molecule is COC(=O)[C@@](C)(N)[C@H](C)O. The molecule has 0 amide bonds. The van der Waals surface area contributed by atoms with E-state index < -0.39 is 17.6 Å². The molecule has 0 spiro atoms. The summed E-state index contributed by atoms with van der Waals surface area (Å²) >= 11 is 0. The van der Waals surface area contributed by atoms with E-state index in [0.717, 1.165) is 0 Å². The molecule has 0 unspecified atom stereocenters. The normalized spacial score (nSPS) is 19.3. The van der Waals surface area contributed by atoms with Crippen LogP contribution in [0.15, 0.2) is 0 Å². The van der Waals surface area contributed by atoms with Gasteiger partial charge >= 0.3 is 5.97 Å². The average Bonchev–Trinajstić information content (AvgIpc) is 1.86. The van der Waals surface area contributed by atoms with Gasteiger partial charge in [-0.15, -0.1) is 0 Å². The van der Waals surface area contributed by atoms with E-state index in [1.165, 1.54) is 21.0 Å². The van der Waals surface area contributed by atoms with Crippen LogP contribution in [-0.2, 0) is 9.53 Å². The summed E-state index contributed by atoms with van der Waals surface area (Å²) in [7, 11) is 1.23. The van der Waals surface area contributed by atoms with Crippen molar-refractivity contribution in [2.24, 2.45) is 5.73 Å². The van der Waals surface area contributed by atoms with E-state index in [9.17, 15) is 4.79 Å². The second-order valence-electron chi connectivity index (χ2n) is 2.45. The second kappa shape index (κ2) is 2.98. The molecule has 4 heteroatoms. The summed E-state index contributed by atoms with van der Waals surface area (Å²) in [6.45, 7) is 2.86. The largest absolute Gasteiger partial charge is 0.468 e. The first-order valence-corrected chi connectivity index (χ1v) is 2.98. The minimum Gasteiger partial charge on any atom is -0.468 e. The molecule has 0 aromatic rings. The fourth-order valence-corrected chi connectivity index (χ4v) is 0.390. The van der Waals surface area contributed by atoms with E-state index in [0.29, 0.717) is 0 Å². The molecule has 0 fully saturated rings. The highest BCUT2D eigenvalue weighted by molar-refractivity contribution is 5.80. The Morgan fingerprint density at radius 1 is 1.80 bits per heavy atom. The van der Waals surface area contributed by atoms with E-state index in [1.807, 2.05) is 0 Å². The highest BCUT2D eigenvalue weighted by Crippen LogP contribution is 2.06. The monoisotopic (exact) mass is 147 g/mol. The number of aliphatic hydroxyl groups is 1. The maximum absolute atomic E-state index is 10.8. The van der Waals surface area contributed by atoms with Crippen LogP contribution in [0.1, 0.15) is 13.8 Å². The van der Waals surface area contributed by atoms with E-state index >= 15 is 0 Å². The molecule has 0 saturated carbocycles. The average molecular weight is 147 g/mol. The Morgan fingerprint density at radius 3 is 2.30 bits per heavy atom. The van der Waals surface area contributed by atoms with E-state index in [2.05, 4.69) is 4.74 Å². The first kappa shape index (κ1) is 9.39. The molecule has 60 valence electrons. The third-order valence-electron chi connectivity index (χ3n) is 1.49. The van der Waals surface area contributed by atoms with Crippen molar-refractivity contribution in [3.63, 3.8) is 0 Å². The van der Waals surface area contributed by atoms with Gasteiger partial charge in [-0.3, -0.25) is 0 Å². The summed E-state index contributed by atoms with van der Waals surface area (Å²) in [5, 5.41) is 8.96. The van der Waals surface area contributed by atoms with Gasteiger partial charge in [-0.05, 0) is 13.8 Å². The molecule has 0 bridgehead atoms. The third kappa shape index (κ3) is 1.68. The fraction of sp³-hybridized carbons (Fsp3) is 0.833. The summed E-state index contributed by atoms with van der Waals surface area (Å²) in [6.07, 6.45) is -0.903. The molecular formula is C6H13NO3. The lowest BCUT2D eigenvalue weighted by Gasteiger charge is -2.23. The van der Waals surface area contributed by atoms with Crippen LogP contribution in [0.5, 0.6) is 0 Å². The van der Waals surface area contributed by atoms with E-state index in [-0.39, 0.29) is 0 Å². The molecule has 0 rings (SSSR count). The Morgan fingerprint density at radius 2 is 2.20 bits per heavy atom. The van der Waals surface area contributed by atoms with Gasteiger partial charge in [0.1, 0.15) is 5.54 Å². The first-order valence-electron chi connectivity index (χ1n) is 2.98. The molecule has 0 heterocycles. The zero-order valence-corrected chi connectivity index (χ0v) is 6.42. The predicted molar refractivity (Wildman–Crippen MR) is 36.3 cm³/mol. The molecule has 3 N–H and O–H groups in total. The molecule has 0 aliphatic carbocycles.